The lowest BCUT2D eigenvalue weighted by Gasteiger charge is -2.10. The molecule has 4 N–H and O–H groups in total. The Labute approximate surface area is 179 Å². The number of aliphatic hydroxyl groups is 1. The summed E-state index contributed by atoms with van der Waals surface area (Å²) in [5.74, 6) is -0.562. The average Bonchev–Trinajstić information content (AvgIpc) is 3.22. The molecule has 0 aliphatic carbocycles. The topological polar surface area (TPSA) is 88.2 Å². The van der Waals surface area contributed by atoms with E-state index in [1.165, 1.54) is 23.5 Å². The molecule has 0 saturated carbocycles. The van der Waals surface area contributed by atoms with Gasteiger partial charge in [0.05, 0.1) is 25.0 Å². The minimum Gasteiger partial charge on any atom is -0.388 e. The second-order valence-electron chi connectivity index (χ2n) is 6.00. The summed E-state index contributed by atoms with van der Waals surface area (Å²) < 4.78 is 57.7. The van der Waals surface area contributed by atoms with Crippen LogP contribution in [-0.4, -0.2) is 16.0 Å². The molecule has 146 valence electrons. The van der Waals surface area contributed by atoms with Crippen molar-refractivity contribution < 1.29 is 19.5 Å². The number of nitrogens with one attached hydrogen (secondary N) is 1. The van der Waals surface area contributed by atoms with Gasteiger partial charge >= 0.3 is 0 Å². The van der Waals surface area contributed by atoms with E-state index in [0.717, 1.165) is 0 Å². The molecule has 0 aliphatic heterocycles. The van der Waals surface area contributed by atoms with Gasteiger partial charge in [0.25, 0.3) is 0 Å². The number of aromatic nitrogens is 1. The summed E-state index contributed by atoms with van der Waals surface area (Å²) in [6.07, 6.45) is -5.17. The summed E-state index contributed by atoms with van der Waals surface area (Å²) in [6.45, 7) is 0. The lowest BCUT2D eigenvalue weighted by molar-refractivity contribution is -0.115. The summed E-state index contributed by atoms with van der Waals surface area (Å²) in [7, 11) is 0. The molecule has 0 bridgehead atoms. The molecule has 0 fully saturated rings. The number of hydrogen-bond donors (Lipinski definition) is 3. The minimum atomic E-state index is -2.50. The second kappa shape index (κ2) is 10.0. The molecular weight excluding hydrogens is 370 g/mol. The number of thiazole rings is 1. The fourth-order valence-electron chi connectivity index (χ4n) is 2.45. The van der Waals surface area contributed by atoms with Crippen molar-refractivity contribution in [3.05, 3.63) is 76.7 Å². The fraction of sp³-hybridized carbons (Fsp3) is 0.273. The molecule has 2 aromatic carbocycles. The van der Waals surface area contributed by atoms with Crippen LogP contribution < -0.4 is 11.1 Å². The Morgan fingerprint density at radius 3 is 2.71 bits per heavy atom. The number of nitrogens with zero attached hydrogens (tertiary/aromatic N) is 1. The number of rotatable bonds is 9. The van der Waals surface area contributed by atoms with E-state index < -0.39 is 30.4 Å². The number of nitrogens with two attached hydrogens (primary N) is 1. The van der Waals surface area contributed by atoms with Crippen molar-refractivity contribution >= 4 is 28.1 Å². The van der Waals surface area contributed by atoms with Crippen LogP contribution in [0.2, 0.25) is 0 Å². The Bertz CT molecular complexity index is 1190. The van der Waals surface area contributed by atoms with Gasteiger partial charge in [-0.15, -0.1) is 11.3 Å². The van der Waals surface area contributed by atoms with Gasteiger partial charge in [0.1, 0.15) is 0 Å². The first-order valence-electron chi connectivity index (χ1n) is 12.2. The Morgan fingerprint density at radius 2 is 2.04 bits per heavy atom. The predicted molar refractivity (Wildman–Crippen MR) is 114 cm³/mol. The van der Waals surface area contributed by atoms with Gasteiger partial charge in [-0.1, -0.05) is 48.8 Å². The van der Waals surface area contributed by atoms with Crippen LogP contribution in [0.25, 0.3) is 0 Å². The first kappa shape index (κ1) is 12.7. The maximum absolute atomic E-state index is 12.3. The van der Waals surface area contributed by atoms with E-state index in [1.807, 2.05) is 0 Å². The van der Waals surface area contributed by atoms with Gasteiger partial charge < -0.3 is 16.2 Å². The summed E-state index contributed by atoms with van der Waals surface area (Å²) in [5, 5.41) is 14.9. The number of hydrogen-bond acceptors (Lipinski definition) is 5. The molecule has 28 heavy (non-hydrogen) atoms. The molecule has 1 amide bonds. The highest BCUT2D eigenvalue weighted by atomic mass is 32.1. The molecule has 0 unspecified atom stereocenters. The van der Waals surface area contributed by atoms with Gasteiger partial charge in [0, 0.05) is 13.8 Å². The van der Waals surface area contributed by atoms with E-state index in [1.54, 1.807) is 23.6 Å². The van der Waals surface area contributed by atoms with Gasteiger partial charge in [-0.25, -0.2) is 4.98 Å². The van der Waals surface area contributed by atoms with Gasteiger partial charge in [0.15, 0.2) is 5.13 Å². The van der Waals surface area contributed by atoms with Gasteiger partial charge in [0.2, 0.25) is 5.91 Å². The zero-order valence-corrected chi connectivity index (χ0v) is 15.9. The smallest absolute Gasteiger partial charge is 0.230 e. The molecule has 1 heterocycles. The maximum atomic E-state index is 12.3. The minimum absolute atomic E-state index is 0.00780. The lowest BCUT2D eigenvalue weighted by atomic mass is 10.0. The number of amides is 1. The number of carbonyl (C=O) groups excluding carboxylic acids is 1. The number of carbonyl (C=O) groups is 1. The van der Waals surface area contributed by atoms with Crippen LogP contribution in [0.3, 0.4) is 0 Å². The largest absolute Gasteiger partial charge is 0.388 e. The van der Waals surface area contributed by atoms with Crippen molar-refractivity contribution in [3.63, 3.8) is 0 Å². The number of benzene rings is 2. The van der Waals surface area contributed by atoms with E-state index in [9.17, 15) is 9.90 Å². The maximum Gasteiger partial charge on any atom is 0.230 e. The standard InChI is InChI=1S/C22H25N3O2S/c23-22-25-19(15-28-22)14-21(27)24-18-12-10-16(11-13-18)6-4-5-9-20(26)17-7-2-1-3-8-17/h1-3,7-8,10-13,15,20,26H,4-6,9,14H2,(H2,23,25)(H,24,27)/t20-/m0/s1/i9D2,10D,11D,12D,13D,20D. The van der Waals surface area contributed by atoms with E-state index in [-0.39, 0.29) is 54.6 Å². The molecule has 3 rings (SSSR count). The molecule has 6 heteroatoms. The Kier molecular flexibility index (Phi) is 4.54. The molecular formula is C22H25N3O2S. The summed E-state index contributed by atoms with van der Waals surface area (Å²) >= 11 is 1.17. The molecule has 1 atom stereocenters. The molecule has 1 aromatic heterocycles. The Hall–Kier alpha value is -2.70. The van der Waals surface area contributed by atoms with E-state index in [0.29, 0.717) is 10.8 Å². The van der Waals surface area contributed by atoms with Crippen molar-refractivity contribution in [3.8, 4) is 0 Å². The Balaban J connectivity index is 1.73. The third kappa shape index (κ3) is 6.18. The summed E-state index contributed by atoms with van der Waals surface area (Å²) in [6, 6.07) is 6.29. The van der Waals surface area contributed by atoms with Crippen LogP contribution in [-0.2, 0) is 17.6 Å². The fourth-order valence-corrected chi connectivity index (χ4v) is 3.01. The molecule has 5 nitrogen and oxygen atoms in total. The number of nitrogen functional groups attached to an aromatic ring is 1. The highest BCUT2D eigenvalue weighted by molar-refractivity contribution is 7.13. The van der Waals surface area contributed by atoms with Crippen LogP contribution in [0.1, 0.15) is 51.7 Å². The first-order valence-corrected chi connectivity index (χ1v) is 9.60. The van der Waals surface area contributed by atoms with Crippen LogP contribution in [0.15, 0.2) is 59.9 Å². The monoisotopic (exact) mass is 402 g/mol. The summed E-state index contributed by atoms with van der Waals surface area (Å²) in [5.41, 5.74) is 5.89. The quantitative estimate of drug-likeness (QED) is 0.496. The molecule has 0 radical (unpaired) electrons. The van der Waals surface area contributed by atoms with Crippen LogP contribution in [0, 0.1) is 0 Å². The highest BCUT2D eigenvalue weighted by Gasteiger charge is 2.08. The van der Waals surface area contributed by atoms with Gasteiger partial charge in [-0.05, 0) is 42.4 Å². The lowest BCUT2D eigenvalue weighted by Crippen LogP contribution is -2.14. The van der Waals surface area contributed by atoms with Gasteiger partial charge in [-0.2, -0.15) is 0 Å². The van der Waals surface area contributed by atoms with Crippen molar-refractivity contribution in [1.82, 2.24) is 4.98 Å². The Morgan fingerprint density at radius 1 is 1.29 bits per heavy atom. The zero-order valence-electron chi connectivity index (χ0n) is 22.1. The van der Waals surface area contributed by atoms with Crippen molar-refractivity contribution in [1.29, 1.82) is 0 Å². The van der Waals surface area contributed by atoms with Crippen molar-refractivity contribution in [2.24, 2.45) is 0 Å². The summed E-state index contributed by atoms with van der Waals surface area (Å²) in [4.78, 5) is 16.3. The zero-order chi connectivity index (χ0) is 26.0. The molecule has 3 aromatic rings. The normalized spacial score (nSPS) is 17.1. The van der Waals surface area contributed by atoms with Crippen LogP contribution in [0.4, 0.5) is 10.8 Å². The second-order valence-corrected chi connectivity index (χ2v) is 6.89. The molecule has 0 spiro atoms. The highest BCUT2D eigenvalue weighted by Crippen LogP contribution is 2.20. The number of anilines is 2. The van der Waals surface area contributed by atoms with E-state index in [2.05, 4.69) is 10.3 Å². The van der Waals surface area contributed by atoms with E-state index >= 15 is 0 Å². The van der Waals surface area contributed by atoms with E-state index in [4.69, 9.17) is 15.3 Å². The van der Waals surface area contributed by atoms with Crippen LogP contribution in [0.5, 0.6) is 0 Å². The van der Waals surface area contributed by atoms with Crippen molar-refractivity contribution in [2.75, 3.05) is 11.1 Å². The third-order valence-electron chi connectivity index (χ3n) is 3.80. The first-order chi connectivity index (χ1) is 16.3. The average molecular weight is 403 g/mol. The molecule has 0 saturated heterocycles. The SMILES string of the molecule is [2H]c1c([2H])c(NC(=O)Cc2csc(N)n2)c([2H])c([2H])c1CCCC([2H])([2H])[C@]([2H])(O)c1ccccc1. The van der Waals surface area contributed by atoms with Crippen LogP contribution >= 0.6 is 11.3 Å². The van der Waals surface area contributed by atoms with Crippen molar-refractivity contribution in [2.45, 2.75) is 38.1 Å². The predicted octanol–water partition coefficient (Wildman–Crippen LogP) is 4.35. The van der Waals surface area contributed by atoms with Gasteiger partial charge in [-0.3, -0.25) is 4.79 Å². The third-order valence-corrected chi connectivity index (χ3v) is 4.52. The molecule has 0 aliphatic rings.